The van der Waals surface area contributed by atoms with Crippen LogP contribution in [0.1, 0.15) is 44.9 Å². The maximum atomic E-state index is 2.39. The van der Waals surface area contributed by atoms with Crippen LogP contribution in [0.15, 0.2) is 0 Å². The quantitative estimate of drug-likeness (QED) is 0.520. The predicted molar refractivity (Wildman–Crippen MR) is 49.8 cm³/mol. The molecule has 0 spiro atoms. The summed E-state index contributed by atoms with van der Waals surface area (Å²) in [5.74, 6) is 0. The van der Waals surface area contributed by atoms with Crippen molar-refractivity contribution in [2.24, 2.45) is 0 Å². The van der Waals surface area contributed by atoms with Gasteiger partial charge in [-0.15, -0.1) is 0 Å². The molecule has 0 N–H and O–H groups in total. The molecule has 11 heavy (non-hydrogen) atoms. The van der Waals surface area contributed by atoms with Gasteiger partial charge in [0.15, 0.2) is 0 Å². The molecule has 2 aliphatic rings. The Morgan fingerprint density at radius 2 is 1.00 bits per heavy atom. The first-order valence-corrected chi connectivity index (χ1v) is 5.08. The Morgan fingerprint density at radius 1 is 0.636 bits per heavy atom. The lowest BCUT2D eigenvalue weighted by Gasteiger charge is -2.20. The van der Waals surface area contributed by atoms with Crippen LogP contribution in [-0.2, 0) is 0 Å². The molecule has 66 valence electrons. The highest BCUT2D eigenvalue weighted by molar-refractivity contribution is 4.58. The van der Waals surface area contributed by atoms with Crippen LogP contribution < -0.4 is 0 Å². The largest absolute Gasteiger partial charge is 0.306 e. The van der Waals surface area contributed by atoms with Crippen molar-refractivity contribution in [3.63, 3.8) is 0 Å². The van der Waals surface area contributed by atoms with Crippen molar-refractivity contribution in [2.75, 3.05) is 20.1 Å². The van der Waals surface area contributed by atoms with Crippen molar-refractivity contribution in [3.8, 4) is 0 Å². The molecule has 0 atom stereocenters. The molecule has 2 rings (SSSR count). The third-order valence-corrected chi connectivity index (χ3v) is 2.58. The summed E-state index contributed by atoms with van der Waals surface area (Å²) < 4.78 is 0. The Balaban J connectivity index is 0.000000128. The summed E-state index contributed by atoms with van der Waals surface area (Å²) in [5, 5.41) is 0. The van der Waals surface area contributed by atoms with Crippen LogP contribution >= 0.6 is 0 Å². The summed E-state index contributed by atoms with van der Waals surface area (Å²) in [4.78, 5) is 2.39. The smallest absolute Gasteiger partial charge is 0.00218 e. The summed E-state index contributed by atoms with van der Waals surface area (Å²) in [6.07, 6.45) is 10.3. The lowest BCUT2D eigenvalue weighted by atomic mass is 10.0. The van der Waals surface area contributed by atoms with E-state index in [0.29, 0.717) is 0 Å². The Labute approximate surface area is 70.8 Å². The molecule has 1 heterocycles. The van der Waals surface area contributed by atoms with Crippen molar-refractivity contribution >= 4 is 0 Å². The number of hydrogen-bond donors (Lipinski definition) is 0. The number of rotatable bonds is 0. The summed E-state index contributed by atoms with van der Waals surface area (Å²) in [6.45, 7) is 2.64. The number of nitrogens with zero attached hydrogens (tertiary/aromatic N) is 1. The average molecular weight is 155 g/mol. The second kappa shape index (κ2) is 5.59. The van der Waals surface area contributed by atoms with Crippen LogP contribution in [-0.4, -0.2) is 25.0 Å². The Morgan fingerprint density at radius 3 is 1.18 bits per heavy atom. The molecule has 1 saturated heterocycles. The molecular weight excluding hydrogens is 134 g/mol. The first-order chi connectivity index (χ1) is 5.39. The van der Waals surface area contributed by atoms with E-state index in [1.807, 2.05) is 0 Å². The van der Waals surface area contributed by atoms with E-state index in [1.165, 1.54) is 58.0 Å². The molecule has 1 aliphatic carbocycles. The lowest BCUT2D eigenvalue weighted by Crippen LogP contribution is -2.24. The van der Waals surface area contributed by atoms with Gasteiger partial charge in [-0.2, -0.15) is 0 Å². The Bertz CT molecular complexity index is 76.9. The molecule has 1 aliphatic heterocycles. The van der Waals surface area contributed by atoms with Gasteiger partial charge in [0.1, 0.15) is 0 Å². The molecular formula is C10H21N. The standard InChI is InChI=1S/C6H13N.C4H8/c1-7-5-3-2-4-6-7;1-2-4-3-1/h2-6H2,1H3;1-4H2. The molecule has 1 heteroatoms. The van der Waals surface area contributed by atoms with Crippen molar-refractivity contribution in [1.82, 2.24) is 4.90 Å². The van der Waals surface area contributed by atoms with Gasteiger partial charge < -0.3 is 4.90 Å². The first kappa shape index (κ1) is 9.05. The van der Waals surface area contributed by atoms with Crippen molar-refractivity contribution in [3.05, 3.63) is 0 Å². The van der Waals surface area contributed by atoms with E-state index in [2.05, 4.69) is 11.9 Å². The van der Waals surface area contributed by atoms with Gasteiger partial charge in [0.05, 0.1) is 0 Å². The van der Waals surface area contributed by atoms with Gasteiger partial charge in [-0.05, 0) is 33.0 Å². The lowest BCUT2D eigenvalue weighted by molar-refractivity contribution is 0.277. The minimum atomic E-state index is 1.32. The maximum Gasteiger partial charge on any atom is -0.00218 e. The van der Waals surface area contributed by atoms with E-state index in [9.17, 15) is 0 Å². The number of hydrogen-bond acceptors (Lipinski definition) is 1. The summed E-state index contributed by atoms with van der Waals surface area (Å²) in [5.41, 5.74) is 0. The highest BCUT2D eigenvalue weighted by atomic mass is 15.1. The third kappa shape index (κ3) is 4.41. The highest BCUT2D eigenvalue weighted by Gasteiger charge is 2.02. The van der Waals surface area contributed by atoms with Gasteiger partial charge in [0, 0.05) is 0 Å². The molecule has 0 amide bonds. The molecule has 2 fully saturated rings. The summed E-state index contributed by atoms with van der Waals surface area (Å²) in [6, 6.07) is 0. The predicted octanol–water partition coefficient (Wildman–Crippen LogP) is 2.66. The molecule has 0 aromatic carbocycles. The zero-order valence-corrected chi connectivity index (χ0v) is 7.81. The van der Waals surface area contributed by atoms with E-state index < -0.39 is 0 Å². The van der Waals surface area contributed by atoms with Crippen molar-refractivity contribution in [2.45, 2.75) is 44.9 Å². The maximum absolute atomic E-state index is 2.39. The second-order valence-corrected chi connectivity index (χ2v) is 3.78. The van der Waals surface area contributed by atoms with E-state index >= 15 is 0 Å². The molecule has 0 aromatic heterocycles. The van der Waals surface area contributed by atoms with Crippen molar-refractivity contribution < 1.29 is 0 Å². The number of likely N-dealkylation sites (tertiary alicyclic amines) is 1. The SMILES string of the molecule is C1CCC1.CN1CCCCC1. The molecule has 1 saturated carbocycles. The number of piperidine rings is 1. The first-order valence-electron chi connectivity index (χ1n) is 5.08. The second-order valence-electron chi connectivity index (χ2n) is 3.78. The van der Waals surface area contributed by atoms with E-state index in [4.69, 9.17) is 0 Å². The Hall–Kier alpha value is -0.0400. The van der Waals surface area contributed by atoms with E-state index in [0.717, 1.165) is 0 Å². The molecule has 0 aromatic rings. The minimum Gasteiger partial charge on any atom is -0.306 e. The third-order valence-electron chi connectivity index (χ3n) is 2.58. The fourth-order valence-corrected chi connectivity index (χ4v) is 1.30. The van der Waals surface area contributed by atoms with Crippen LogP contribution in [0.4, 0.5) is 0 Å². The zero-order chi connectivity index (χ0) is 7.94. The molecule has 0 radical (unpaired) electrons. The Kier molecular flexibility index (Phi) is 4.60. The van der Waals surface area contributed by atoms with Crippen LogP contribution in [0, 0.1) is 0 Å². The minimum absolute atomic E-state index is 1.32. The van der Waals surface area contributed by atoms with E-state index in [-0.39, 0.29) is 0 Å². The fourth-order valence-electron chi connectivity index (χ4n) is 1.30. The molecule has 0 unspecified atom stereocenters. The molecule has 1 nitrogen and oxygen atoms in total. The summed E-state index contributed by atoms with van der Waals surface area (Å²) in [7, 11) is 2.19. The normalized spacial score (nSPS) is 24.8. The summed E-state index contributed by atoms with van der Waals surface area (Å²) >= 11 is 0. The highest BCUT2D eigenvalue weighted by Crippen LogP contribution is 2.15. The van der Waals surface area contributed by atoms with Crippen LogP contribution in [0.5, 0.6) is 0 Å². The van der Waals surface area contributed by atoms with Gasteiger partial charge in [0.25, 0.3) is 0 Å². The van der Waals surface area contributed by atoms with Gasteiger partial charge in [0.2, 0.25) is 0 Å². The topological polar surface area (TPSA) is 3.24 Å². The van der Waals surface area contributed by atoms with Crippen LogP contribution in [0.2, 0.25) is 0 Å². The fraction of sp³-hybridized carbons (Fsp3) is 1.00. The van der Waals surface area contributed by atoms with E-state index in [1.54, 1.807) is 0 Å². The zero-order valence-electron chi connectivity index (χ0n) is 7.81. The van der Waals surface area contributed by atoms with Gasteiger partial charge in [-0.3, -0.25) is 0 Å². The van der Waals surface area contributed by atoms with Crippen molar-refractivity contribution in [1.29, 1.82) is 0 Å². The van der Waals surface area contributed by atoms with Crippen LogP contribution in [0.25, 0.3) is 0 Å². The van der Waals surface area contributed by atoms with Crippen LogP contribution in [0.3, 0.4) is 0 Å². The monoisotopic (exact) mass is 155 g/mol. The van der Waals surface area contributed by atoms with Gasteiger partial charge >= 0.3 is 0 Å². The van der Waals surface area contributed by atoms with Gasteiger partial charge in [-0.25, -0.2) is 0 Å². The molecule has 0 bridgehead atoms. The van der Waals surface area contributed by atoms with Gasteiger partial charge in [-0.1, -0.05) is 32.1 Å². The average Bonchev–Trinajstić information content (AvgIpc) is 1.85.